The lowest BCUT2D eigenvalue weighted by atomic mass is 9.73. The number of benzene rings is 3. The predicted molar refractivity (Wildman–Crippen MR) is 139 cm³/mol. The van der Waals surface area contributed by atoms with Gasteiger partial charge in [-0.2, -0.15) is 0 Å². The second kappa shape index (κ2) is 9.84. The summed E-state index contributed by atoms with van der Waals surface area (Å²) >= 11 is 0. The lowest BCUT2D eigenvalue weighted by molar-refractivity contribution is 0.0594. The predicted octanol–water partition coefficient (Wildman–Crippen LogP) is 4.38. The highest BCUT2D eigenvalue weighted by molar-refractivity contribution is 7.90. The highest BCUT2D eigenvalue weighted by atomic mass is 32.2. The van der Waals surface area contributed by atoms with Crippen molar-refractivity contribution in [2.45, 2.75) is 28.9 Å². The maximum Gasteiger partial charge on any atom is 0.253 e. The fourth-order valence-corrected chi connectivity index (χ4v) is 6.56. The summed E-state index contributed by atoms with van der Waals surface area (Å²) in [5.41, 5.74) is 2.38. The van der Waals surface area contributed by atoms with Crippen LogP contribution in [0, 0.1) is 0 Å². The first-order valence-corrected chi connectivity index (χ1v) is 13.7. The van der Waals surface area contributed by atoms with Gasteiger partial charge in [0.25, 0.3) is 5.91 Å². The van der Waals surface area contributed by atoms with E-state index in [2.05, 4.69) is 4.98 Å². The van der Waals surface area contributed by atoms with Gasteiger partial charge in [-0.1, -0.05) is 60.7 Å². The molecule has 1 amide bonds. The molecule has 2 heterocycles. The molecule has 1 fully saturated rings. The van der Waals surface area contributed by atoms with Gasteiger partial charge in [0.2, 0.25) is 0 Å². The minimum Gasteiger partial charge on any atom is -0.395 e. The number of hydrogen-bond acceptors (Lipinski definition) is 5. The largest absolute Gasteiger partial charge is 0.395 e. The molecule has 0 bridgehead atoms. The van der Waals surface area contributed by atoms with Crippen LogP contribution in [0.2, 0.25) is 0 Å². The standard InChI is InChI=1S/C29H28N2O4S/c32-21-29(25-8-2-1-3-9-25)15-18-31(19-16-29)28(33)24-13-11-22(12-14-24)20-36(34,35)26-10-4-6-23-7-5-17-30-27(23)26/h1-14,17,32H,15-16,18-21H2. The summed E-state index contributed by atoms with van der Waals surface area (Å²) in [6, 6.07) is 25.5. The number of aromatic nitrogens is 1. The number of rotatable bonds is 6. The molecular formula is C29H28N2O4S. The molecule has 6 nitrogen and oxygen atoms in total. The second-order valence-corrected chi connectivity index (χ2v) is 11.3. The summed E-state index contributed by atoms with van der Waals surface area (Å²) in [5.74, 6) is -0.251. The summed E-state index contributed by atoms with van der Waals surface area (Å²) < 4.78 is 26.3. The minimum atomic E-state index is -3.62. The topological polar surface area (TPSA) is 87.6 Å². The Labute approximate surface area is 211 Å². The molecule has 5 rings (SSSR count). The number of amides is 1. The number of likely N-dealkylation sites (tertiary alicyclic amines) is 1. The van der Waals surface area contributed by atoms with Crippen molar-refractivity contribution in [1.82, 2.24) is 9.88 Å². The SMILES string of the molecule is O=C(c1ccc(CS(=O)(=O)c2cccc3cccnc23)cc1)N1CCC(CO)(c2ccccc2)CC1. The number of para-hydroxylation sites is 1. The molecule has 1 aliphatic heterocycles. The fourth-order valence-electron chi connectivity index (χ4n) is 5.02. The maximum absolute atomic E-state index is 13.2. The molecule has 0 atom stereocenters. The summed E-state index contributed by atoms with van der Waals surface area (Å²) in [6.07, 6.45) is 2.97. The molecule has 36 heavy (non-hydrogen) atoms. The first kappa shape index (κ1) is 24.2. The van der Waals surface area contributed by atoms with E-state index in [1.807, 2.05) is 47.4 Å². The van der Waals surface area contributed by atoms with Crippen molar-refractivity contribution in [3.05, 3.63) is 108 Å². The third kappa shape index (κ3) is 4.64. The summed E-state index contributed by atoms with van der Waals surface area (Å²) in [5, 5.41) is 10.9. The second-order valence-electron chi connectivity index (χ2n) is 9.38. The van der Waals surface area contributed by atoms with Gasteiger partial charge in [0.1, 0.15) is 0 Å². The Hall–Kier alpha value is -3.55. The van der Waals surface area contributed by atoms with Crippen LogP contribution in [0.1, 0.15) is 34.3 Å². The third-order valence-electron chi connectivity index (χ3n) is 7.18. The first-order chi connectivity index (χ1) is 17.4. The molecule has 0 aliphatic carbocycles. The van der Waals surface area contributed by atoms with Crippen molar-refractivity contribution < 1.29 is 18.3 Å². The smallest absolute Gasteiger partial charge is 0.253 e. The van der Waals surface area contributed by atoms with Crippen LogP contribution >= 0.6 is 0 Å². The van der Waals surface area contributed by atoms with Crippen molar-refractivity contribution in [2.24, 2.45) is 0 Å². The van der Waals surface area contributed by atoms with E-state index in [-0.39, 0.29) is 28.6 Å². The van der Waals surface area contributed by atoms with Crippen molar-refractivity contribution in [3.63, 3.8) is 0 Å². The Balaban J connectivity index is 1.28. The normalized spacial score (nSPS) is 15.6. The fraction of sp³-hybridized carbons (Fsp3) is 0.241. The van der Waals surface area contributed by atoms with Crippen molar-refractivity contribution >= 4 is 26.6 Å². The van der Waals surface area contributed by atoms with E-state index in [4.69, 9.17) is 0 Å². The Kier molecular flexibility index (Phi) is 6.60. The molecule has 1 N–H and O–H groups in total. The van der Waals surface area contributed by atoms with Gasteiger partial charge in [0, 0.05) is 35.7 Å². The maximum atomic E-state index is 13.2. The van der Waals surface area contributed by atoms with Gasteiger partial charge >= 0.3 is 0 Å². The quantitative estimate of drug-likeness (QED) is 0.425. The molecular weight excluding hydrogens is 472 g/mol. The summed E-state index contributed by atoms with van der Waals surface area (Å²) in [6.45, 7) is 1.16. The summed E-state index contributed by atoms with van der Waals surface area (Å²) in [7, 11) is -3.62. The average molecular weight is 501 g/mol. The van der Waals surface area contributed by atoms with Gasteiger partial charge in [-0.3, -0.25) is 9.78 Å². The van der Waals surface area contributed by atoms with Crippen molar-refractivity contribution in [3.8, 4) is 0 Å². The molecule has 0 radical (unpaired) electrons. The van der Waals surface area contributed by atoms with Crippen LogP contribution in [0.5, 0.6) is 0 Å². The van der Waals surface area contributed by atoms with E-state index in [9.17, 15) is 18.3 Å². The molecule has 0 unspecified atom stereocenters. The van der Waals surface area contributed by atoms with E-state index in [0.717, 1.165) is 10.9 Å². The molecule has 0 saturated carbocycles. The number of fused-ring (bicyclic) bond motifs is 1. The highest BCUT2D eigenvalue weighted by Crippen LogP contribution is 2.35. The zero-order chi connectivity index (χ0) is 25.2. The number of pyridine rings is 1. The lowest BCUT2D eigenvalue weighted by Gasteiger charge is -2.41. The molecule has 1 aliphatic rings. The van der Waals surface area contributed by atoms with Crippen LogP contribution in [-0.2, 0) is 21.0 Å². The Morgan fingerprint density at radius 2 is 1.58 bits per heavy atom. The highest BCUT2D eigenvalue weighted by Gasteiger charge is 2.37. The molecule has 3 aromatic carbocycles. The van der Waals surface area contributed by atoms with Gasteiger partial charge in [0.15, 0.2) is 9.84 Å². The van der Waals surface area contributed by atoms with Crippen LogP contribution in [-0.4, -0.2) is 49.0 Å². The number of sulfone groups is 1. The van der Waals surface area contributed by atoms with E-state index in [0.29, 0.717) is 42.6 Å². The van der Waals surface area contributed by atoms with Crippen LogP contribution in [0.15, 0.2) is 96.0 Å². The molecule has 4 aromatic rings. The molecule has 0 spiro atoms. The zero-order valence-electron chi connectivity index (χ0n) is 19.9. The minimum absolute atomic E-state index is 0.0500. The van der Waals surface area contributed by atoms with E-state index >= 15 is 0 Å². The monoisotopic (exact) mass is 500 g/mol. The van der Waals surface area contributed by atoms with E-state index in [1.54, 1.807) is 48.7 Å². The van der Waals surface area contributed by atoms with Gasteiger partial charge < -0.3 is 10.0 Å². The van der Waals surface area contributed by atoms with Crippen LogP contribution in [0.3, 0.4) is 0 Å². The Morgan fingerprint density at radius 3 is 2.28 bits per heavy atom. The van der Waals surface area contributed by atoms with Gasteiger partial charge in [-0.25, -0.2) is 8.42 Å². The average Bonchev–Trinajstić information content (AvgIpc) is 2.93. The summed E-state index contributed by atoms with van der Waals surface area (Å²) in [4.78, 5) is 19.4. The van der Waals surface area contributed by atoms with Gasteiger partial charge in [-0.15, -0.1) is 0 Å². The van der Waals surface area contributed by atoms with Gasteiger partial charge in [-0.05, 0) is 48.2 Å². The van der Waals surface area contributed by atoms with Crippen LogP contribution in [0.25, 0.3) is 10.9 Å². The molecule has 1 saturated heterocycles. The molecule has 184 valence electrons. The van der Waals surface area contributed by atoms with Crippen molar-refractivity contribution in [1.29, 1.82) is 0 Å². The number of aliphatic hydroxyl groups is 1. The number of aliphatic hydroxyl groups excluding tert-OH is 1. The molecule has 7 heteroatoms. The number of nitrogens with zero attached hydrogens (tertiary/aromatic N) is 2. The third-order valence-corrected chi connectivity index (χ3v) is 8.90. The number of carbonyl (C=O) groups is 1. The zero-order valence-corrected chi connectivity index (χ0v) is 20.7. The Bertz CT molecular complexity index is 1470. The number of hydrogen-bond donors (Lipinski definition) is 1. The van der Waals surface area contributed by atoms with E-state index < -0.39 is 9.84 Å². The van der Waals surface area contributed by atoms with Gasteiger partial charge in [0.05, 0.1) is 22.8 Å². The number of piperidine rings is 1. The number of carbonyl (C=O) groups excluding carboxylic acids is 1. The lowest BCUT2D eigenvalue weighted by Crippen LogP contribution is -2.46. The molecule has 1 aromatic heterocycles. The van der Waals surface area contributed by atoms with Crippen LogP contribution < -0.4 is 0 Å². The van der Waals surface area contributed by atoms with Crippen molar-refractivity contribution in [2.75, 3.05) is 19.7 Å². The van der Waals surface area contributed by atoms with E-state index in [1.165, 1.54) is 0 Å². The Morgan fingerprint density at radius 1 is 0.889 bits per heavy atom. The first-order valence-electron chi connectivity index (χ1n) is 12.0. The van der Waals surface area contributed by atoms with Crippen LogP contribution in [0.4, 0.5) is 0 Å².